The maximum Gasteiger partial charge on any atom is 0.195 e. The SMILES string of the molecule is CC(=O)SCCC#Cc1ccc(N)c(C(=O)c2ccccc2)c1. The fraction of sp³-hybridized carbons (Fsp3) is 0.158. The van der Waals surface area contributed by atoms with Crippen molar-refractivity contribution in [2.45, 2.75) is 13.3 Å². The highest BCUT2D eigenvalue weighted by Gasteiger charge is 2.12. The molecule has 0 saturated heterocycles. The van der Waals surface area contributed by atoms with Crippen LogP contribution < -0.4 is 5.73 Å². The summed E-state index contributed by atoms with van der Waals surface area (Å²) in [5.74, 6) is 6.58. The van der Waals surface area contributed by atoms with Crippen molar-refractivity contribution < 1.29 is 9.59 Å². The zero-order valence-corrected chi connectivity index (χ0v) is 13.7. The maximum absolute atomic E-state index is 12.5. The second-order valence-corrected chi connectivity index (χ2v) is 6.16. The smallest absolute Gasteiger partial charge is 0.195 e. The Morgan fingerprint density at radius 1 is 1.13 bits per heavy atom. The van der Waals surface area contributed by atoms with Gasteiger partial charge in [0.25, 0.3) is 0 Å². The lowest BCUT2D eigenvalue weighted by Gasteiger charge is -2.05. The predicted octanol–water partition coefficient (Wildman–Crippen LogP) is 3.52. The monoisotopic (exact) mass is 323 g/mol. The van der Waals surface area contributed by atoms with E-state index in [-0.39, 0.29) is 10.9 Å². The number of hydrogen-bond acceptors (Lipinski definition) is 4. The quantitative estimate of drug-likeness (QED) is 0.405. The molecule has 0 aromatic heterocycles. The molecule has 0 unspecified atom stereocenters. The first-order valence-corrected chi connectivity index (χ1v) is 8.18. The first-order valence-electron chi connectivity index (χ1n) is 7.19. The first kappa shape index (κ1) is 16.9. The van der Waals surface area contributed by atoms with E-state index in [1.165, 1.54) is 11.8 Å². The molecule has 0 bridgehead atoms. The predicted molar refractivity (Wildman–Crippen MR) is 95.4 cm³/mol. The standard InChI is InChI=1S/C19H17NO2S/c1-14(21)23-12-6-5-7-15-10-11-18(20)17(13-15)19(22)16-8-3-2-4-9-16/h2-4,8-11,13H,6,12,20H2,1H3. The third kappa shape index (κ3) is 5.01. The third-order valence-electron chi connectivity index (χ3n) is 3.10. The van der Waals surface area contributed by atoms with Gasteiger partial charge in [0.15, 0.2) is 10.9 Å². The van der Waals surface area contributed by atoms with E-state index in [9.17, 15) is 9.59 Å². The molecule has 2 aromatic carbocycles. The zero-order valence-electron chi connectivity index (χ0n) is 12.8. The van der Waals surface area contributed by atoms with Crippen LogP contribution in [0.1, 0.15) is 34.8 Å². The van der Waals surface area contributed by atoms with Gasteiger partial charge in [-0.25, -0.2) is 0 Å². The summed E-state index contributed by atoms with van der Waals surface area (Å²) in [5, 5.41) is 0.0926. The van der Waals surface area contributed by atoms with Crippen molar-refractivity contribution in [2.75, 3.05) is 11.5 Å². The van der Waals surface area contributed by atoms with Gasteiger partial charge in [-0.2, -0.15) is 0 Å². The van der Waals surface area contributed by atoms with Gasteiger partial charge in [0.05, 0.1) is 0 Å². The molecule has 3 nitrogen and oxygen atoms in total. The lowest BCUT2D eigenvalue weighted by Crippen LogP contribution is -2.05. The lowest BCUT2D eigenvalue weighted by atomic mass is 10.00. The molecular weight excluding hydrogens is 306 g/mol. The van der Waals surface area contributed by atoms with E-state index in [0.29, 0.717) is 29.0 Å². The lowest BCUT2D eigenvalue weighted by molar-refractivity contribution is -0.109. The van der Waals surface area contributed by atoms with Gasteiger partial charge in [-0.05, 0) is 18.2 Å². The molecule has 4 heteroatoms. The van der Waals surface area contributed by atoms with Crippen molar-refractivity contribution in [3.8, 4) is 11.8 Å². The molecule has 0 saturated carbocycles. The molecule has 2 rings (SSSR count). The van der Waals surface area contributed by atoms with Crippen molar-refractivity contribution in [1.29, 1.82) is 0 Å². The Morgan fingerprint density at radius 2 is 1.87 bits per heavy atom. The van der Waals surface area contributed by atoms with Gasteiger partial charge >= 0.3 is 0 Å². The van der Waals surface area contributed by atoms with Crippen molar-refractivity contribution in [2.24, 2.45) is 0 Å². The molecule has 0 radical (unpaired) electrons. The summed E-state index contributed by atoms with van der Waals surface area (Å²) >= 11 is 1.26. The molecule has 2 aromatic rings. The number of ketones is 1. The fourth-order valence-corrected chi connectivity index (χ4v) is 2.48. The van der Waals surface area contributed by atoms with E-state index in [2.05, 4.69) is 11.8 Å². The minimum absolute atomic E-state index is 0.0926. The highest BCUT2D eigenvalue weighted by molar-refractivity contribution is 8.13. The number of anilines is 1. The van der Waals surface area contributed by atoms with E-state index in [4.69, 9.17) is 5.73 Å². The number of carbonyl (C=O) groups is 2. The van der Waals surface area contributed by atoms with E-state index in [1.54, 1.807) is 37.3 Å². The summed E-state index contributed by atoms with van der Waals surface area (Å²) in [6, 6.07) is 14.2. The first-order chi connectivity index (χ1) is 11.1. The Morgan fingerprint density at radius 3 is 2.57 bits per heavy atom. The van der Waals surface area contributed by atoms with Crippen LogP contribution in [0.2, 0.25) is 0 Å². The number of nitrogen functional groups attached to an aromatic ring is 1. The Balaban J connectivity index is 2.15. The van der Waals surface area contributed by atoms with Crippen molar-refractivity contribution in [3.05, 3.63) is 65.2 Å². The number of nitrogens with two attached hydrogens (primary N) is 1. The van der Waals surface area contributed by atoms with Crippen LogP contribution >= 0.6 is 11.8 Å². The molecule has 0 fully saturated rings. The van der Waals surface area contributed by atoms with Gasteiger partial charge in [-0.3, -0.25) is 9.59 Å². The summed E-state index contributed by atoms with van der Waals surface area (Å²) in [6.07, 6.45) is 0.622. The van der Waals surface area contributed by atoms with Crippen LogP contribution in [0.3, 0.4) is 0 Å². The second kappa shape index (κ2) is 8.21. The van der Waals surface area contributed by atoms with E-state index < -0.39 is 0 Å². The number of carbonyl (C=O) groups excluding carboxylic acids is 2. The molecule has 0 spiro atoms. The molecular formula is C19H17NO2S. The number of rotatable bonds is 4. The minimum Gasteiger partial charge on any atom is -0.398 e. The van der Waals surface area contributed by atoms with Crippen molar-refractivity contribution >= 4 is 28.3 Å². The zero-order chi connectivity index (χ0) is 16.7. The fourth-order valence-electron chi connectivity index (χ4n) is 1.99. The Labute approximate surface area is 140 Å². The summed E-state index contributed by atoms with van der Waals surface area (Å²) in [4.78, 5) is 23.3. The average molecular weight is 323 g/mol. The van der Waals surface area contributed by atoms with Crippen LogP contribution in [-0.4, -0.2) is 16.7 Å². The maximum atomic E-state index is 12.5. The molecule has 23 heavy (non-hydrogen) atoms. The highest BCUT2D eigenvalue weighted by Crippen LogP contribution is 2.18. The molecule has 2 N–H and O–H groups in total. The molecule has 0 atom stereocenters. The third-order valence-corrected chi connectivity index (χ3v) is 3.91. The Bertz CT molecular complexity index is 773. The van der Waals surface area contributed by atoms with Crippen molar-refractivity contribution in [1.82, 2.24) is 0 Å². The van der Waals surface area contributed by atoms with E-state index >= 15 is 0 Å². The van der Waals surface area contributed by atoms with Gasteiger partial charge in [-0.1, -0.05) is 53.9 Å². The number of thioether (sulfide) groups is 1. The number of benzene rings is 2. The largest absolute Gasteiger partial charge is 0.398 e. The van der Waals surface area contributed by atoms with Crippen LogP contribution in [0, 0.1) is 11.8 Å². The molecule has 0 aliphatic rings. The molecule has 0 aliphatic heterocycles. The Kier molecular flexibility index (Phi) is 6.02. The van der Waals surface area contributed by atoms with Gasteiger partial charge in [0.1, 0.15) is 0 Å². The number of hydrogen-bond donors (Lipinski definition) is 1. The second-order valence-electron chi connectivity index (χ2n) is 4.89. The normalized spacial score (nSPS) is 9.78. The van der Waals surface area contributed by atoms with Crippen LogP contribution in [0.4, 0.5) is 5.69 Å². The molecule has 116 valence electrons. The summed E-state index contributed by atoms with van der Waals surface area (Å²) in [6.45, 7) is 1.54. The van der Waals surface area contributed by atoms with Gasteiger partial charge in [0, 0.05) is 41.5 Å². The minimum atomic E-state index is -0.112. The highest BCUT2D eigenvalue weighted by atomic mass is 32.2. The van der Waals surface area contributed by atoms with E-state index in [1.807, 2.05) is 18.2 Å². The van der Waals surface area contributed by atoms with Crippen LogP contribution in [0.25, 0.3) is 0 Å². The van der Waals surface area contributed by atoms with Gasteiger partial charge in [0.2, 0.25) is 0 Å². The summed E-state index contributed by atoms with van der Waals surface area (Å²) < 4.78 is 0. The molecule has 0 aliphatic carbocycles. The van der Waals surface area contributed by atoms with Gasteiger partial charge in [-0.15, -0.1) is 0 Å². The van der Waals surface area contributed by atoms with Crippen molar-refractivity contribution in [3.63, 3.8) is 0 Å². The summed E-state index contributed by atoms with van der Waals surface area (Å²) in [7, 11) is 0. The molecule has 0 heterocycles. The topological polar surface area (TPSA) is 60.2 Å². The van der Waals surface area contributed by atoms with Crippen LogP contribution in [0.15, 0.2) is 48.5 Å². The van der Waals surface area contributed by atoms with E-state index in [0.717, 1.165) is 5.56 Å². The van der Waals surface area contributed by atoms with Crippen LogP contribution in [0.5, 0.6) is 0 Å². The van der Waals surface area contributed by atoms with Crippen LogP contribution in [-0.2, 0) is 4.79 Å². The molecule has 0 amide bonds. The Hall–Kier alpha value is -2.51. The summed E-state index contributed by atoms with van der Waals surface area (Å²) in [5.41, 5.74) is 8.17. The average Bonchev–Trinajstić information content (AvgIpc) is 2.56. The van der Waals surface area contributed by atoms with Gasteiger partial charge < -0.3 is 5.73 Å².